The molecule has 0 saturated carbocycles. The minimum atomic E-state index is -1.81. The maximum absolute atomic E-state index is 2.49. The first kappa shape index (κ1) is 23.0. The van der Waals surface area contributed by atoms with Crippen molar-refractivity contribution in [1.29, 1.82) is 0 Å². The number of fused-ring (bicyclic) bond motifs is 4. The Kier molecular flexibility index (Phi) is 5.11. The molecule has 0 amide bonds. The fraction of sp³-hybridized carbons (Fsp3) is 0.111. The molecule has 0 N–H and O–H groups in total. The van der Waals surface area contributed by atoms with Crippen LogP contribution in [0.3, 0.4) is 0 Å². The van der Waals surface area contributed by atoms with Gasteiger partial charge in [0.05, 0.1) is 0 Å². The van der Waals surface area contributed by atoms with Crippen LogP contribution in [-0.2, 0) is 0 Å². The van der Waals surface area contributed by atoms with Gasteiger partial charge in [-0.2, -0.15) is 0 Å². The van der Waals surface area contributed by atoms with E-state index in [1.54, 1.807) is 0 Å². The van der Waals surface area contributed by atoms with Gasteiger partial charge in [-0.05, 0) is 73.2 Å². The summed E-state index contributed by atoms with van der Waals surface area (Å²) in [6.45, 7) is 7.17. The summed E-state index contributed by atoms with van der Waals surface area (Å²) >= 11 is 0. The summed E-state index contributed by atoms with van der Waals surface area (Å²) in [6, 6.07) is 43.0. The summed E-state index contributed by atoms with van der Waals surface area (Å²) in [5.74, 6) is 0. The lowest BCUT2D eigenvalue weighted by Gasteiger charge is -2.39. The Morgan fingerprint density at radius 1 is 0.500 bits per heavy atom. The predicted octanol–water partition coefficient (Wildman–Crippen LogP) is 8.54. The zero-order valence-electron chi connectivity index (χ0n) is 22.4. The summed E-state index contributed by atoms with van der Waals surface area (Å²) in [5, 5.41) is 8.25. The van der Waals surface area contributed by atoms with Crippen LogP contribution in [0.1, 0.15) is 5.56 Å². The summed E-state index contributed by atoms with van der Waals surface area (Å²) in [7, 11) is 0.418. The second-order valence-corrected chi connectivity index (χ2v) is 15.5. The van der Waals surface area contributed by atoms with Crippen molar-refractivity contribution in [1.82, 2.24) is 0 Å². The standard InChI is InChI=1S/C36H31NSi/c1-24-18-20-29-30(22-24)36(28-15-9-8-14-27(28)35(29)25-12-6-5-7-13-25)26-19-21-34-32(23-26)37(2)31-16-10-11-17-33(31)38(34,3)4/h5-23H,1-4H3. The van der Waals surface area contributed by atoms with Gasteiger partial charge >= 0.3 is 0 Å². The third kappa shape index (κ3) is 3.30. The predicted molar refractivity (Wildman–Crippen MR) is 168 cm³/mol. The first-order valence-corrected chi connectivity index (χ1v) is 16.4. The van der Waals surface area contributed by atoms with Crippen molar-refractivity contribution in [3.05, 3.63) is 121 Å². The van der Waals surface area contributed by atoms with E-state index in [9.17, 15) is 0 Å². The number of hydrogen-bond acceptors (Lipinski definition) is 1. The molecule has 1 heterocycles. The van der Waals surface area contributed by atoms with Crippen molar-refractivity contribution >= 4 is 51.4 Å². The number of para-hydroxylation sites is 1. The molecule has 0 saturated heterocycles. The lowest BCUT2D eigenvalue weighted by molar-refractivity contribution is 1.21. The maximum Gasteiger partial charge on any atom is 0.117 e. The van der Waals surface area contributed by atoms with Gasteiger partial charge in [0.1, 0.15) is 8.07 Å². The number of rotatable bonds is 2. The van der Waals surface area contributed by atoms with Crippen LogP contribution in [0.5, 0.6) is 0 Å². The van der Waals surface area contributed by atoms with E-state index >= 15 is 0 Å². The fourth-order valence-electron chi connectivity index (χ4n) is 6.58. The Balaban J connectivity index is 1.56. The molecule has 6 aromatic rings. The van der Waals surface area contributed by atoms with Gasteiger partial charge < -0.3 is 4.90 Å². The number of nitrogens with zero attached hydrogens (tertiary/aromatic N) is 1. The minimum Gasteiger partial charge on any atom is -0.345 e. The van der Waals surface area contributed by atoms with Crippen molar-refractivity contribution in [2.75, 3.05) is 11.9 Å². The van der Waals surface area contributed by atoms with Gasteiger partial charge in [0.25, 0.3) is 0 Å². The highest BCUT2D eigenvalue weighted by Gasteiger charge is 2.37. The molecule has 0 aromatic heterocycles. The van der Waals surface area contributed by atoms with Gasteiger partial charge in [-0.15, -0.1) is 0 Å². The van der Waals surface area contributed by atoms with E-state index < -0.39 is 8.07 Å². The van der Waals surface area contributed by atoms with Gasteiger partial charge in [0.2, 0.25) is 0 Å². The Hall–Kier alpha value is -4.14. The van der Waals surface area contributed by atoms with E-state index in [1.165, 1.54) is 71.1 Å². The van der Waals surface area contributed by atoms with Gasteiger partial charge in [-0.25, -0.2) is 0 Å². The summed E-state index contributed by atoms with van der Waals surface area (Å²) in [4.78, 5) is 2.40. The van der Waals surface area contributed by atoms with Crippen LogP contribution in [0.15, 0.2) is 115 Å². The van der Waals surface area contributed by atoms with Gasteiger partial charge in [-0.3, -0.25) is 0 Å². The second-order valence-electron chi connectivity index (χ2n) is 11.1. The first-order chi connectivity index (χ1) is 18.4. The first-order valence-electron chi connectivity index (χ1n) is 13.4. The molecule has 7 rings (SSSR count). The summed E-state index contributed by atoms with van der Waals surface area (Å²) < 4.78 is 0. The topological polar surface area (TPSA) is 3.24 Å². The van der Waals surface area contributed by atoms with Gasteiger partial charge in [0, 0.05) is 18.4 Å². The third-order valence-corrected chi connectivity index (χ3v) is 12.0. The van der Waals surface area contributed by atoms with Gasteiger partial charge in [-0.1, -0.05) is 122 Å². The molecule has 0 atom stereocenters. The molecule has 1 aliphatic rings. The Morgan fingerprint density at radius 2 is 1.11 bits per heavy atom. The van der Waals surface area contributed by atoms with Crippen LogP contribution < -0.4 is 15.3 Å². The lowest BCUT2D eigenvalue weighted by Crippen LogP contribution is -2.58. The van der Waals surface area contributed by atoms with E-state index in [0.29, 0.717) is 0 Å². The Morgan fingerprint density at radius 3 is 1.87 bits per heavy atom. The minimum absolute atomic E-state index is 1.26. The molecule has 0 spiro atoms. The molecule has 0 radical (unpaired) electrons. The molecule has 0 aliphatic carbocycles. The molecule has 6 aromatic carbocycles. The lowest BCUT2D eigenvalue weighted by atomic mass is 9.85. The van der Waals surface area contributed by atoms with Crippen LogP contribution in [0.4, 0.5) is 11.4 Å². The van der Waals surface area contributed by atoms with Crippen molar-refractivity contribution in [2.45, 2.75) is 20.0 Å². The number of aryl methyl sites for hydroxylation is 1. The quantitative estimate of drug-likeness (QED) is 0.168. The van der Waals surface area contributed by atoms with Crippen molar-refractivity contribution in [2.24, 2.45) is 0 Å². The van der Waals surface area contributed by atoms with Crippen LogP contribution >= 0.6 is 0 Å². The highest BCUT2D eigenvalue weighted by molar-refractivity contribution is 7.02. The molecular weight excluding hydrogens is 474 g/mol. The number of hydrogen-bond donors (Lipinski definition) is 0. The van der Waals surface area contributed by atoms with E-state index in [-0.39, 0.29) is 0 Å². The SMILES string of the molecule is Cc1ccc2c(-c3ccccc3)c3ccccc3c(-c3ccc4c(c3)N(C)c3ccccc3[Si]4(C)C)c2c1. The monoisotopic (exact) mass is 505 g/mol. The third-order valence-electron chi connectivity index (χ3n) is 8.50. The highest BCUT2D eigenvalue weighted by atomic mass is 28.3. The molecule has 184 valence electrons. The Labute approximate surface area is 226 Å². The average molecular weight is 506 g/mol. The average Bonchev–Trinajstić information content (AvgIpc) is 2.95. The fourth-order valence-corrected chi connectivity index (χ4v) is 9.66. The van der Waals surface area contributed by atoms with Gasteiger partial charge in [0.15, 0.2) is 0 Å². The van der Waals surface area contributed by atoms with E-state index in [1.807, 2.05) is 0 Å². The number of benzene rings is 6. The Bertz CT molecular complexity index is 1870. The summed E-state index contributed by atoms with van der Waals surface area (Å²) in [6.07, 6.45) is 0. The molecular formula is C36H31NSi. The maximum atomic E-state index is 2.49. The molecule has 0 fully saturated rings. The molecule has 1 nitrogen and oxygen atoms in total. The van der Waals surface area contributed by atoms with Crippen molar-refractivity contribution < 1.29 is 0 Å². The zero-order chi connectivity index (χ0) is 26.0. The van der Waals surface area contributed by atoms with E-state index in [4.69, 9.17) is 0 Å². The van der Waals surface area contributed by atoms with E-state index in [0.717, 1.165) is 0 Å². The molecule has 0 unspecified atom stereocenters. The highest BCUT2D eigenvalue weighted by Crippen LogP contribution is 2.45. The van der Waals surface area contributed by atoms with Crippen LogP contribution in [0.2, 0.25) is 13.1 Å². The molecule has 0 bridgehead atoms. The van der Waals surface area contributed by atoms with Crippen LogP contribution in [-0.4, -0.2) is 15.1 Å². The van der Waals surface area contributed by atoms with Crippen LogP contribution in [0.25, 0.3) is 43.8 Å². The molecule has 38 heavy (non-hydrogen) atoms. The molecule has 1 aliphatic heterocycles. The zero-order valence-corrected chi connectivity index (χ0v) is 23.4. The van der Waals surface area contributed by atoms with Crippen molar-refractivity contribution in [3.8, 4) is 22.3 Å². The van der Waals surface area contributed by atoms with Crippen LogP contribution in [0, 0.1) is 6.92 Å². The normalized spacial score (nSPS) is 13.9. The largest absolute Gasteiger partial charge is 0.345 e. The summed E-state index contributed by atoms with van der Waals surface area (Å²) in [5.41, 5.74) is 9.16. The van der Waals surface area contributed by atoms with E-state index in [2.05, 4.69) is 147 Å². The van der Waals surface area contributed by atoms with Crippen molar-refractivity contribution in [3.63, 3.8) is 0 Å². The molecule has 2 heteroatoms. The number of anilines is 2. The second kappa shape index (κ2) is 8.44. The smallest absolute Gasteiger partial charge is 0.117 e.